The number of anilines is 1. The van der Waals surface area contributed by atoms with Crippen molar-refractivity contribution in [3.63, 3.8) is 0 Å². The van der Waals surface area contributed by atoms with Crippen molar-refractivity contribution in [1.29, 1.82) is 0 Å². The fourth-order valence-corrected chi connectivity index (χ4v) is 4.85. The molecule has 4 heteroatoms. The van der Waals surface area contributed by atoms with Crippen LogP contribution in [-0.4, -0.2) is 23.1 Å². The molecule has 0 saturated carbocycles. The second-order valence-electron chi connectivity index (χ2n) is 7.23. The minimum absolute atomic E-state index is 0.950. The Hall–Kier alpha value is -2.85. The Kier molecular flexibility index (Phi) is 4.71. The summed E-state index contributed by atoms with van der Waals surface area (Å²) in [4.78, 5) is 12.3. The lowest BCUT2D eigenvalue weighted by atomic mass is 10.1. The summed E-state index contributed by atoms with van der Waals surface area (Å²) in [5, 5.41) is 1.36. The SMILES string of the molecule is c1ccc(-c2nc(-c3ccc(N4CCCCC4)s3)[nH]c2-c2ccccc2)cc1. The van der Waals surface area contributed by atoms with Crippen molar-refractivity contribution in [2.75, 3.05) is 18.0 Å². The number of thiophene rings is 1. The number of nitrogens with zero attached hydrogens (tertiary/aromatic N) is 2. The van der Waals surface area contributed by atoms with E-state index >= 15 is 0 Å². The van der Waals surface area contributed by atoms with Crippen molar-refractivity contribution < 1.29 is 0 Å². The first-order chi connectivity index (χ1) is 13.9. The molecular weight excluding hydrogens is 362 g/mol. The van der Waals surface area contributed by atoms with E-state index in [4.69, 9.17) is 4.98 Å². The number of rotatable bonds is 4. The summed E-state index contributed by atoms with van der Waals surface area (Å²) >= 11 is 1.84. The van der Waals surface area contributed by atoms with Crippen LogP contribution in [0.15, 0.2) is 72.8 Å². The molecule has 1 N–H and O–H groups in total. The molecule has 3 heterocycles. The molecule has 28 heavy (non-hydrogen) atoms. The average Bonchev–Trinajstić information content (AvgIpc) is 3.43. The summed E-state index contributed by atoms with van der Waals surface area (Å²) in [6.07, 6.45) is 3.95. The smallest absolute Gasteiger partial charge is 0.148 e. The maximum absolute atomic E-state index is 5.02. The van der Waals surface area contributed by atoms with Crippen molar-refractivity contribution >= 4 is 16.3 Å². The molecule has 0 spiro atoms. The van der Waals surface area contributed by atoms with E-state index in [0.29, 0.717) is 0 Å². The van der Waals surface area contributed by atoms with Crippen LogP contribution in [0.5, 0.6) is 0 Å². The lowest BCUT2D eigenvalue weighted by Gasteiger charge is -2.27. The lowest BCUT2D eigenvalue weighted by molar-refractivity contribution is 0.580. The number of aromatic nitrogens is 2. The number of hydrogen-bond donors (Lipinski definition) is 1. The molecular formula is C24H23N3S. The number of piperidine rings is 1. The van der Waals surface area contributed by atoms with E-state index < -0.39 is 0 Å². The van der Waals surface area contributed by atoms with Gasteiger partial charge in [0.05, 0.1) is 21.3 Å². The van der Waals surface area contributed by atoms with Gasteiger partial charge in [-0.15, -0.1) is 11.3 Å². The average molecular weight is 386 g/mol. The molecule has 0 bridgehead atoms. The van der Waals surface area contributed by atoms with Gasteiger partial charge in [0.2, 0.25) is 0 Å². The Morgan fingerprint density at radius 1 is 0.750 bits per heavy atom. The van der Waals surface area contributed by atoms with Gasteiger partial charge in [0.15, 0.2) is 0 Å². The van der Waals surface area contributed by atoms with E-state index in [0.717, 1.165) is 28.3 Å². The first-order valence-corrected chi connectivity index (χ1v) is 10.8. The molecule has 5 rings (SSSR count). The van der Waals surface area contributed by atoms with Crippen LogP contribution in [0, 0.1) is 0 Å². The first-order valence-electron chi connectivity index (χ1n) is 9.94. The molecule has 1 saturated heterocycles. The van der Waals surface area contributed by atoms with Gasteiger partial charge in [0.25, 0.3) is 0 Å². The molecule has 0 aliphatic carbocycles. The molecule has 2 aromatic heterocycles. The van der Waals surface area contributed by atoms with Gasteiger partial charge in [-0.25, -0.2) is 4.98 Å². The fourth-order valence-electron chi connectivity index (χ4n) is 3.85. The maximum Gasteiger partial charge on any atom is 0.148 e. The molecule has 1 fully saturated rings. The standard InChI is InChI=1S/C24H23N3S/c1-4-10-18(11-5-1)22-23(19-12-6-2-7-13-19)26-24(25-22)20-14-15-21(28-20)27-16-8-3-9-17-27/h1-2,4-7,10-15H,3,8-9,16-17H2,(H,25,26). The van der Waals surface area contributed by atoms with Gasteiger partial charge in [0.1, 0.15) is 5.82 Å². The highest BCUT2D eigenvalue weighted by atomic mass is 32.1. The molecule has 1 aliphatic heterocycles. The van der Waals surface area contributed by atoms with Crippen LogP contribution in [0.3, 0.4) is 0 Å². The fraction of sp³-hybridized carbons (Fsp3) is 0.208. The summed E-state index contributed by atoms with van der Waals surface area (Å²) in [6, 6.07) is 25.4. The van der Waals surface area contributed by atoms with Gasteiger partial charge in [-0.1, -0.05) is 60.7 Å². The molecule has 1 aliphatic rings. The number of hydrogen-bond acceptors (Lipinski definition) is 3. The number of imidazole rings is 1. The third-order valence-corrected chi connectivity index (χ3v) is 6.46. The highest BCUT2D eigenvalue weighted by molar-refractivity contribution is 7.19. The zero-order valence-corrected chi connectivity index (χ0v) is 16.6. The number of benzene rings is 2. The van der Waals surface area contributed by atoms with E-state index in [2.05, 4.69) is 70.5 Å². The van der Waals surface area contributed by atoms with Crippen LogP contribution in [0.2, 0.25) is 0 Å². The second-order valence-corrected chi connectivity index (χ2v) is 8.29. The van der Waals surface area contributed by atoms with Gasteiger partial charge >= 0.3 is 0 Å². The number of H-pyrrole nitrogens is 1. The van der Waals surface area contributed by atoms with Gasteiger partial charge in [-0.05, 0) is 31.4 Å². The summed E-state index contributed by atoms with van der Waals surface area (Å²) < 4.78 is 0. The minimum atomic E-state index is 0.950. The van der Waals surface area contributed by atoms with Crippen LogP contribution < -0.4 is 4.90 Å². The monoisotopic (exact) mass is 385 g/mol. The minimum Gasteiger partial charge on any atom is -0.363 e. The largest absolute Gasteiger partial charge is 0.363 e. The van der Waals surface area contributed by atoms with Crippen LogP contribution in [0.25, 0.3) is 33.2 Å². The van der Waals surface area contributed by atoms with E-state index in [1.807, 2.05) is 23.5 Å². The summed E-state index contributed by atoms with van der Waals surface area (Å²) in [5.41, 5.74) is 4.38. The van der Waals surface area contributed by atoms with Crippen molar-refractivity contribution in [1.82, 2.24) is 9.97 Å². The molecule has 3 nitrogen and oxygen atoms in total. The highest BCUT2D eigenvalue weighted by Crippen LogP contribution is 2.37. The van der Waals surface area contributed by atoms with Crippen LogP contribution in [0.1, 0.15) is 19.3 Å². The Bertz CT molecular complexity index is 987. The van der Waals surface area contributed by atoms with Gasteiger partial charge < -0.3 is 9.88 Å². The van der Waals surface area contributed by atoms with E-state index in [1.165, 1.54) is 42.2 Å². The van der Waals surface area contributed by atoms with E-state index in [-0.39, 0.29) is 0 Å². The van der Waals surface area contributed by atoms with Crippen molar-refractivity contribution in [3.05, 3.63) is 72.8 Å². The highest BCUT2D eigenvalue weighted by Gasteiger charge is 2.18. The van der Waals surface area contributed by atoms with Gasteiger partial charge in [-0.2, -0.15) is 0 Å². The van der Waals surface area contributed by atoms with E-state index in [1.54, 1.807) is 0 Å². The predicted octanol–water partition coefficient (Wildman–Crippen LogP) is 6.46. The predicted molar refractivity (Wildman–Crippen MR) is 119 cm³/mol. The van der Waals surface area contributed by atoms with Crippen LogP contribution in [-0.2, 0) is 0 Å². The summed E-state index contributed by atoms with van der Waals surface area (Å²) in [6.45, 7) is 2.34. The van der Waals surface area contributed by atoms with Crippen molar-refractivity contribution in [3.8, 4) is 33.2 Å². The summed E-state index contributed by atoms with van der Waals surface area (Å²) in [7, 11) is 0. The first kappa shape index (κ1) is 17.3. The third kappa shape index (κ3) is 3.36. The number of nitrogens with one attached hydrogen (secondary N) is 1. The maximum atomic E-state index is 5.02. The Morgan fingerprint density at radius 2 is 1.43 bits per heavy atom. The lowest BCUT2D eigenvalue weighted by Crippen LogP contribution is -2.28. The molecule has 2 aromatic carbocycles. The zero-order chi connectivity index (χ0) is 18.8. The molecule has 0 unspecified atom stereocenters. The Morgan fingerprint density at radius 3 is 2.14 bits per heavy atom. The van der Waals surface area contributed by atoms with Crippen LogP contribution >= 0.6 is 11.3 Å². The molecule has 140 valence electrons. The van der Waals surface area contributed by atoms with Crippen molar-refractivity contribution in [2.45, 2.75) is 19.3 Å². The topological polar surface area (TPSA) is 31.9 Å². The van der Waals surface area contributed by atoms with Gasteiger partial charge in [0, 0.05) is 24.2 Å². The third-order valence-electron chi connectivity index (χ3n) is 5.31. The van der Waals surface area contributed by atoms with E-state index in [9.17, 15) is 0 Å². The normalized spacial score (nSPS) is 14.4. The Labute approximate surface area is 169 Å². The quantitative estimate of drug-likeness (QED) is 0.437. The molecule has 4 aromatic rings. The van der Waals surface area contributed by atoms with Gasteiger partial charge in [-0.3, -0.25) is 0 Å². The number of aromatic amines is 1. The summed E-state index contributed by atoms with van der Waals surface area (Å²) in [5.74, 6) is 0.950. The molecule has 0 atom stereocenters. The Balaban J connectivity index is 1.56. The van der Waals surface area contributed by atoms with Crippen LogP contribution in [0.4, 0.5) is 5.00 Å². The zero-order valence-electron chi connectivity index (χ0n) is 15.8. The van der Waals surface area contributed by atoms with Crippen molar-refractivity contribution in [2.24, 2.45) is 0 Å². The molecule has 0 radical (unpaired) electrons. The molecule has 0 amide bonds. The second kappa shape index (κ2) is 7.64.